The van der Waals surface area contributed by atoms with Crippen LogP contribution in [0.2, 0.25) is 5.02 Å². The van der Waals surface area contributed by atoms with Gasteiger partial charge in [-0.05, 0) is 49.2 Å². The second kappa shape index (κ2) is 12.1. The zero-order valence-electron chi connectivity index (χ0n) is 19.5. The molecule has 10 nitrogen and oxygen atoms in total. The van der Waals surface area contributed by atoms with Crippen LogP contribution < -0.4 is 25.5 Å². The van der Waals surface area contributed by atoms with Crippen LogP contribution in [0.4, 0.5) is 4.79 Å². The lowest BCUT2D eigenvalue weighted by Gasteiger charge is -2.28. The third-order valence-corrected chi connectivity index (χ3v) is 5.19. The van der Waals surface area contributed by atoms with E-state index in [0.29, 0.717) is 34.4 Å². The lowest BCUT2D eigenvalue weighted by molar-refractivity contribution is -0.136. The van der Waals surface area contributed by atoms with Gasteiger partial charge in [-0.2, -0.15) is 5.10 Å². The number of allylic oxidation sites excluding steroid dienone is 1. The van der Waals surface area contributed by atoms with E-state index in [0.717, 1.165) is 5.56 Å². The van der Waals surface area contributed by atoms with Crippen molar-refractivity contribution in [1.29, 1.82) is 0 Å². The smallest absolute Gasteiger partial charge is 0.337 e. The highest BCUT2D eigenvalue weighted by Crippen LogP contribution is 2.34. The average Bonchev–Trinajstić information content (AvgIpc) is 2.82. The number of nitrogens with zero attached hydrogens (tertiary/aromatic N) is 1. The molecule has 0 saturated heterocycles. The number of aliphatic hydroxyl groups is 1. The Bertz CT molecular complexity index is 1140. The SMILES string of the molecule is CCOc1cc([C@H]2NC(=O)NC(C)=C2C(=O)OC)ccc1OC[C@@H](O)N/N=C\c1cccc(Cl)c1. The average molecular weight is 503 g/mol. The van der Waals surface area contributed by atoms with Crippen LogP contribution in [0, 0.1) is 0 Å². The number of urea groups is 1. The van der Waals surface area contributed by atoms with Gasteiger partial charge in [0.25, 0.3) is 0 Å². The highest BCUT2D eigenvalue weighted by atomic mass is 35.5. The molecule has 3 rings (SSSR count). The summed E-state index contributed by atoms with van der Waals surface area (Å²) in [6.45, 7) is 3.67. The van der Waals surface area contributed by atoms with Gasteiger partial charge in [0.05, 0.1) is 31.5 Å². The predicted molar refractivity (Wildman–Crippen MR) is 130 cm³/mol. The summed E-state index contributed by atoms with van der Waals surface area (Å²) in [5.74, 6) is 0.191. The fraction of sp³-hybridized carbons (Fsp3) is 0.292. The van der Waals surface area contributed by atoms with Crippen molar-refractivity contribution in [3.05, 3.63) is 69.9 Å². The Balaban J connectivity index is 1.71. The number of hydrogen-bond acceptors (Lipinski definition) is 8. The minimum absolute atomic E-state index is 0.122. The molecule has 2 aromatic rings. The number of hydrazone groups is 1. The molecule has 1 heterocycles. The monoisotopic (exact) mass is 502 g/mol. The standard InChI is InChI=1S/C24H27ClN4O6/c1-4-34-19-11-16(22-21(23(31)33-3)14(2)27-24(32)28-22)8-9-18(19)35-13-20(30)29-26-12-15-6-5-7-17(25)10-15/h5-12,20,22,29-30H,4,13H2,1-3H3,(H2,27,28,32)/b26-12-/t20-,22-/m1/s1. The minimum Gasteiger partial charge on any atom is -0.490 e. The number of methoxy groups -OCH3 is 1. The van der Waals surface area contributed by atoms with Crippen LogP contribution >= 0.6 is 11.6 Å². The lowest BCUT2D eigenvalue weighted by atomic mass is 9.95. The van der Waals surface area contributed by atoms with Crippen molar-refractivity contribution >= 4 is 29.8 Å². The summed E-state index contributed by atoms with van der Waals surface area (Å²) in [5, 5.41) is 20.0. The lowest BCUT2D eigenvalue weighted by Crippen LogP contribution is -2.45. The number of nitrogens with one attached hydrogen (secondary N) is 3. The van der Waals surface area contributed by atoms with E-state index < -0.39 is 24.3 Å². The largest absolute Gasteiger partial charge is 0.490 e. The van der Waals surface area contributed by atoms with Gasteiger partial charge in [0.2, 0.25) is 0 Å². The number of benzene rings is 2. The van der Waals surface area contributed by atoms with Crippen LogP contribution in [-0.2, 0) is 9.53 Å². The summed E-state index contributed by atoms with van der Waals surface area (Å²) in [6.07, 6.45) is 0.428. The molecule has 0 unspecified atom stereocenters. The van der Waals surface area contributed by atoms with Crippen LogP contribution in [0.15, 0.2) is 58.8 Å². The van der Waals surface area contributed by atoms with E-state index in [1.807, 2.05) is 13.0 Å². The van der Waals surface area contributed by atoms with Crippen molar-refractivity contribution in [2.45, 2.75) is 26.1 Å². The first-order valence-corrected chi connectivity index (χ1v) is 11.2. The summed E-state index contributed by atoms with van der Waals surface area (Å²) < 4.78 is 16.3. The first-order valence-electron chi connectivity index (χ1n) is 10.8. The third kappa shape index (κ3) is 6.87. The molecule has 2 aromatic carbocycles. The maximum Gasteiger partial charge on any atom is 0.337 e. The number of carbonyl (C=O) groups is 2. The number of halogens is 1. The number of ether oxygens (including phenoxy) is 3. The summed E-state index contributed by atoms with van der Waals surface area (Å²) in [7, 11) is 1.27. The minimum atomic E-state index is -1.10. The summed E-state index contributed by atoms with van der Waals surface area (Å²) in [5.41, 5.74) is 4.62. The van der Waals surface area contributed by atoms with Crippen LogP contribution in [0.25, 0.3) is 0 Å². The number of aliphatic hydroxyl groups excluding tert-OH is 1. The molecule has 4 N–H and O–H groups in total. The molecule has 11 heteroatoms. The molecule has 0 radical (unpaired) electrons. The third-order valence-electron chi connectivity index (χ3n) is 4.96. The molecule has 0 aromatic heterocycles. The van der Waals surface area contributed by atoms with Crippen molar-refractivity contribution in [2.75, 3.05) is 20.3 Å². The van der Waals surface area contributed by atoms with Crippen molar-refractivity contribution in [2.24, 2.45) is 5.10 Å². The van der Waals surface area contributed by atoms with E-state index in [9.17, 15) is 14.7 Å². The molecule has 0 saturated carbocycles. The van der Waals surface area contributed by atoms with Crippen LogP contribution in [0.3, 0.4) is 0 Å². The van der Waals surface area contributed by atoms with E-state index in [4.69, 9.17) is 25.8 Å². The van der Waals surface area contributed by atoms with Gasteiger partial charge >= 0.3 is 12.0 Å². The normalized spacial score (nSPS) is 16.4. The van der Waals surface area contributed by atoms with Gasteiger partial charge in [-0.15, -0.1) is 0 Å². The van der Waals surface area contributed by atoms with E-state index in [1.165, 1.54) is 13.3 Å². The van der Waals surface area contributed by atoms with Gasteiger partial charge < -0.3 is 30.0 Å². The highest BCUT2D eigenvalue weighted by molar-refractivity contribution is 6.30. The van der Waals surface area contributed by atoms with Gasteiger partial charge in [-0.3, -0.25) is 5.43 Å². The Hall–Kier alpha value is -3.76. The number of esters is 1. The second-order valence-electron chi connectivity index (χ2n) is 7.47. The molecule has 0 fully saturated rings. The van der Waals surface area contributed by atoms with Crippen LogP contribution in [-0.4, -0.2) is 49.9 Å². The quantitative estimate of drug-likeness (QED) is 0.170. The topological polar surface area (TPSA) is 131 Å². The fourth-order valence-corrected chi connectivity index (χ4v) is 3.61. The summed E-state index contributed by atoms with van der Waals surface area (Å²) >= 11 is 5.94. The maximum absolute atomic E-state index is 12.3. The molecule has 186 valence electrons. The molecule has 1 aliphatic heterocycles. The van der Waals surface area contributed by atoms with Crippen LogP contribution in [0.5, 0.6) is 11.5 Å². The Morgan fingerprint density at radius 3 is 2.77 bits per heavy atom. The molecule has 35 heavy (non-hydrogen) atoms. The number of hydrogen-bond donors (Lipinski definition) is 4. The Kier molecular flexibility index (Phi) is 8.93. The van der Waals surface area contributed by atoms with Gasteiger partial charge in [0.1, 0.15) is 6.61 Å². The Labute approximate surface area is 207 Å². The molecule has 0 spiro atoms. The van der Waals surface area contributed by atoms with E-state index >= 15 is 0 Å². The molecular weight excluding hydrogens is 476 g/mol. The summed E-state index contributed by atoms with van der Waals surface area (Å²) in [4.78, 5) is 24.4. The number of rotatable bonds is 10. The summed E-state index contributed by atoms with van der Waals surface area (Å²) in [6, 6.07) is 10.9. The first kappa shape index (κ1) is 25.9. The van der Waals surface area contributed by atoms with Crippen LogP contribution in [0.1, 0.15) is 31.0 Å². The van der Waals surface area contributed by atoms with Crippen molar-refractivity contribution in [3.63, 3.8) is 0 Å². The molecule has 0 aliphatic carbocycles. The Morgan fingerprint density at radius 1 is 1.26 bits per heavy atom. The first-order chi connectivity index (χ1) is 16.8. The molecule has 0 bridgehead atoms. The van der Waals surface area contributed by atoms with E-state index in [-0.39, 0.29) is 12.2 Å². The zero-order valence-corrected chi connectivity index (χ0v) is 20.3. The molecule has 2 amide bonds. The molecular formula is C24H27ClN4O6. The zero-order chi connectivity index (χ0) is 25.4. The number of carbonyl (C=O) groups excluding carboxylic acids is 2. The number of amides is 2. The van der Waals surface area contributed by atoms with Crippen molar-refractivity contribution in [3.8, 4) is 11.5 Å². The van der Waals surface area contributed by atoms with Gasteiger partial charge in [-0.25, -0.2) is 9.59 Å². The van der Waals surface area contributed by atoms with E-state index in [2.05, 4.69) is 21.2 Å². The highest BCUT2D eigenvalue weighted by Gasteiger charge is 2.32. The molecule has 2 atom stereocenters. The second-order valence-corrected chi connectivity index (χ2v) is 7.91. The Morgan fingerprint density at radius 2 is 2.06 bits per heavy atom. The van der Waals surface area contributed by atoms with Crippen molar-refractivity contribution < 1.29 is 28.9 Å². The fourth-order valence-electron chi connectivity index (χ4n) is 3.41. The van der Waals surface area contributed by atoms with Crippen molar-refractivity contribution in [1.82, 2.24) is 16.1 Å². The molecule has 1 aliphatic rings. The predicted octanol–water partition coefficient (Wildman–Crippen LogP) is 2.86. The maximum atomic E-state index is 12.3. The van der Waals surface area contributed by atoms with E-state index in [1.54, 1.807) is 43.3 Å². The van der Waals surface area contributed by atoms with Gasteiger partial charge in [-0.1, -0.05) is 29.8 Å². The van der Waals surface area contributed by atoms with Gasteiger partial charge in [0.15, 0.2) is 17.7 Å². The van der Waals surface area contributed by atoms with Gasteiger partial charge in [0, 0.05) is 10.7 Å².